The van der Waals surface area contributed by atoms with Crippen LogP contribution in [0.25, 0.3) is 0 Å². The number of aryl methyl sites for hydroxylation is 1. The SMILES string of the molecule is COc1ccc(NC(=O)[C@H]2C[C@H](CC(C)C)N[C@@]23C(=O)Nc2ccc(C)cc23)cc1. The van der Waals surface area contributed by atoms with Crippen LogP contribution in [0.5, 0.6) is 5.75 Å². The van der Waals surface area contributed by atoms with Crippen LogP contribution >= 0.6 is 0 Å². The van der Waals surface area contributed by atoms with Gasteiger partial charge in [-0.15, -0.1) is 0 Å². The Hall–Kier alpha value is -2.86. The van der Waals surface area contributed by atoms with Crippen LogP contribution in [0.3, 0.4) is 0 Å². The highest BCUT2D eigenvalue weighted by molar-refractivity contribution is 6.10. The largest absolute Gasteiger partial charge is 0.497 e. The zero-order chi connectivity index (χ0) is 21.5. The van der Waals surface area contributed by atoms with Gasteiger partial charge in [0, 0.05) is 23.0 Å². The quantitative estimate of drug-likeness (QED) is 0.704. The molecule has 1 saturated heterocycles. The summed E-state index contributed by atoms with van der Waals surface area (Å²) in [5.41, 5.74) is 2.36. The van der Waals surface area contributed by atoms with E-state index in [1.54, 1.807) is 19.2 Å². The van der Waals surface area contributed by atoms with Crippen LogP contribution < -0.4 is 20.7 Å². The highest BCUT2D eigenvalue weighted by Crippen LogP contribution is 2.48. The van der Waals surface area contributed by atoms with Crippen molar-refractivity contribution in [2.75, 3.05) is 17.7 Å². The number of hydrogen-bond donors (Lipinski definition) is 3. The molecule has 6 heteroatoms. The fourth-order valence-corrected chi connectivity index (χ4v) is 4.80. The third kappa shape index (κ3) is 3.45. The van der Waals surface area contributed by atoms with E-state index in [9.17, 15) is 9.59 Å². The number of anilines is 2. The molecule has 4 rings (SSSR count). The molecule has 2 aromatic rings. The minimum atomic E-state index is -1.04. The first kappa shape index (κ1) is 20.4. The first-order chi connectivity index (χ1) is 14.3. The molecule has 2 amide bonds. The van der Waals surface area contributed by atoms with E-state index in [-0.39, 0.29) is 17.9 Å². The lowest BCUT2D eigenvalue weighted by molar-refractivity contribution is -0.130. The lowest BCUT2D eigenvalue weighted by Gasteiger charge is -2.29. The van der Waals surface area contributed by atoms with E-state index in [0.29, 0.717) is 18.0 Å². The number of carbonyl (C=O) groups is 2. The Morgan fingerprint density at radius 3 is 2.63 bits per heavy atom. The average molecular weight is 408 g/mol. The molecule has 3 N–H and O–H groups in total. The van der Waals surface area contributed by atoms with E-state index in [0.717, 1.165) is 29.0 Å². The average Bonchev–Trinajstić information content (AvgIpc) is 3.21. The number of methoxy groups -OCH3 is 1. The van der Waals surface area contributed by atoms with Gasteiger partial charge in [0.05, 0.1) is 13.0 Å². The van der Waals surface area contributed by atoms with Gasteiger partial charge in [0.1, 0.15) is 11.3 Å². The molecule has 0 aliphatic carbocycles. The zero-order valence-corrected chi connectivity index (χ0v) is 17.9. The van der Waals surface area contributed by atoms with Crippen LogP contribution in [0.2, 0.25) is 0 Å². The fourth-order valence-electron chi connectivity index (χ4n) is 4.80. The van der Waals surface area contributed by atoms with Gasteiger partial charge in [-0.2, -0.15) is 0 Å². The Morgan fingerprint density at radius 2 is 1.97 bits per heavy atom. The lowest BCUT2D eigenvalue weighted by Crippen LogP contribution is -2.52. The maximum atomic E-state index is 13.4. The van der Waals surface area contributed by atoms with Crippen molar-refractivity contribution in [3.63, 3.8) is 0 Å². The predicted molar refractivity (Wildman–Crippen MR) is 118 cm³/mol. The summed E-state index contributed by atoms with van der Waals surface area (Å²) >= 11 is 0. The highest BCUT2D eigenvalue weighted by Gasteiger charge is 2.60. The normalized spacial score (nSPS) is 24.8. The molecule has 0 radical (unpaired) electrons. The van der Waals surface area contributed by atoms with Crippen molar-refractivity contribution in [2.45, 2.75) is 45.2 Å². The van der Waals surface area contributed by atoms with Gasteiger partial charge < -0.3 is 15.4 Å². The molecular formula is C24H29N3O3. The number of nitrogens with one attached hydrogen (secondary N) is 3. The second-order valence-electron chi connectivity index (χ2n) is 8.79. The van der Waals surface area contributed by atoms with E-state index in [1.165, 1.54) is 0 Å². The van der Waals surface area contributed by atoms with Crippen LogP contribution in [-0.2, 0) is 15.1 Å². The molecule has 0 bridgehead atoms. The lowest BCUT2D eigenvalue weighted by atomic mass is 9.79. The number of fused-ring (bicyclic) bond motifs is 2. The van der Waals surface area contributed by atoms with Gasteiger partial charge in [0.15, 0.2) is 0 Å². The van der Waals surface area contributed by atoms with E-state index < -0.39 is 11.5 Å². The van der Waals surface area contributed by atoms with Gasteiger partial charge in [0.25, 0.3) is 0 Å². The minimum Gasteiger partial charge on any atom is -0.497 e. The summed E-state index contributed by atoms with van der Waals surface area (Å²) in [5, 5.41) is 9.58. The van der Waals surface area contributed by atoms with Crippen LogP contribution in [0.4, 0.5) is 11.4 Å². The predicted octanol–water partition coefficient (Wildman–Crippen LogP) is 3.81. The van der Waals surface area contributed by atoms with Gasteiger partial charge in [-0.05, 0) is 56.0 Å². The third-order valence-electron chi connectivity index (χ3n) is 6.11. The van der Waals surface area contributed by atoms with Crippen molar-refractivity contribution in [1.29, 1.82) is 0 Å². The summed E-state index contributed by atoms with van der Waals surface area (Å²) in [5.74, 6) is 0.382. The molecule has 30 heavy (non-hydrogen) atoms. The van der Waals surface area contributed by atoms with E-state index >= 15 is 0 Å². The van der Waals surface area contributed by atoms with Crippen molar-refractivity contribution >= 4 is 23.2 Å². The first-order valence-electron chi connectivity index (χ1n) is 10.5. The molecule has 6 nitrogen and oxygen atoms in total. The zero-order valence-electron chi connectivity index (χ0n) is 17.9. The smallest absolute Gasteiger partial charge is 0.250 e. The van der Waals surface area contributed by atoms with Crippen molar-refractivity contribution in [1.82, 2.24) is 5.32 Å². The molecule has 1 spiro atoms. The number of rotatable bonds is 5. The van der Waals surface area contributed by atoms with Crippen LogP contribution in [-0.4, -0.2) is 25.0 Å². The second kappa shape index (κ2) is 7.76. The summed E-state index contributed by atoms with van der Waals surface area (Å²) in [6.45, 7) is 6.32. The highest BCUT2D eigenvalue weighted by atomic mass is 16.5. The topological polar surface area (TPSA) is 79.5 Å². The van der Waals surface area contributed by atoms with Gasteiger partial charge >= 0.3 is 0 Å². The summed E-state index contributed by atoms with van der Waals surface area (Å²) in [6.07, 6.45) is 1.52. The molecule has 2 aliphatic rings. The van der Waals surface area contributed by atoms with Crippen LogP contribution in [0, 0.1) is 18.8 Å². The molecule has 1 fully saturated rings. The number of carbonyl (C=O) groups excluding carboxylic acids is 2. The van der Waals surface area contributed by atoms with E-state index in [4.69, 9.17) is 4.74 Å². The third-order valence-corrected chi connectivity index (χ3v) is 6.11. The Balaban J connectivity index is 1.69. The van der Waals surface area contributed by atoms with E-state index in [2.05, 4.69) is 29.8 Å². The maximum absolute atomic E-state index is 13.4. The van der Waals surface area contributed by atoms with E-state index in [1.807, 2.05) is 37.3 Å². The first-order valence-corrected chi connectivity index (χ1v) is 10.5. The van der Waals surface area contributed by atoms with Gasteiger partial charge in [0.2, 0.25) is 11.8 Å². The molecule has 0 saturated carbocycles. The molecule has 2 aromatic carbocycles. The number of benzene rings is 2. The van der Waals surface area contributed by atoms with Crippen LogP contribution in [0.15, 0.2) is 42.5 Å². The van der Waals surface area contributed by atoms with Gasteiger partial charge in [-0.1, -0.05) is 31.5 Å². The molecule has 3 atom stereocenters. The van der Waals surface area contributed by atoms with Gasteiger partial charge in [-0.25, -0.2) is 0 Å². The monoisotopic (exact) mass is 407 g/mol. The van der Waals surface area contributed by atoms with Crippen molar-refractivity contribution in [3.8, 4) is 5.75 Å². The number of ether oxygens (including phenoxy) is 1. The molecule has 0 aromatic heterocycles. The van der Waals surface area contributed by atoms with Gasteiger partial charge in [-0.3, -0.25) is 14.9 Å². The van der Waals surface area contributed by atoms with Crippen molar-refractivity contribution < 1.29 is 14.3 Å². The molecule has 0 unspecified atom stereocenters. The Morgan fingerprint density at radius 1 is 1.23 bits per heavy atom. The Labute approximate surface area is 177 Å². The molecule has 158 valence electrons. The van der Waals surface area contributed by atoms with Crippen molar-refractivity contribution in [2.24, 2.45) is 11.8 Å². The summed E-state index contributed by atoms with van der Waals surface area (Å²) in [7, 11) is 1.61. The minimum absolute atomic E-state index is 0.0915. The van der Waals surface area contributed by atoms with Crippen LogP contribution in [0.1, 0.15) is 37.8 Å². The maximum Gasteiger partial charge on any atom is 0.250 e. The van der Waals surface area contributed by atoms with Crippen molar-refractivity contribution in [3.05, 3.63) is 53.6 Å². The Kier molecular flexibility index (Phi) is 5.28. The Bertz CT molecular complexity index is 970. The summed E-state index contributed by atoms with van der Waals surface area (Å²) in [6, 6.07) is 13.2. The molecule has 2 aliphatic heterocycles. The standard InChI is InChI=1S/C24H29N3O3/c1-14(2)11-17-13-20(22(28)25-16-6-8-18(30-4)9-7-16)24(27-17)19-12-15(3)5-10-21(19)26-23(24)29/h5-10,12,14,17,20,27H,11,13H2,1-4H3,(H,25,28)(H,26,29)/t17-,20+,24+/m0/s1. The molecular weight excluding hydrogens is 378 g/mol. The molecule has 2 heterocycles. The summed E-state index contributed by atoms with van der Waals surface area (Å²) in [4.78, 5) is 26.7. The fraction of sp³-hybridized carbons (Fsp3) is 0.417. The number of amides is 2. The second-order valence-corrected chi connectivity index (χ2v) is 8.79. The number of hydrogen-bond acceptors (Lipinski definition) is 4. The summed E-state index contributed by atoms with van der Waals surface area (Å²) < 4.78 is 5.19.